The summed E-state index contributed by atoms with van der Waals surface area (Å²) in [5.41, 5.74) is 0. The summed E-state index contributed by atoms with van der Waals surface area (Å²) in [6.45, 7) is 2.14. The van der Waals surface area contributed by atoms with Gasteiger partial charge in [-0.2, -0.15) is 4.89 Å². The van der Waals surface area contributed by atoms with Crippen molar-refractivity contribution in [3.05, 3.63) is 16.3 Å². The minimum absolute atomic E-state index is 0.156. The van der Waals surface area contributed by atoms with E-state index in [0.29, 0.717) is 6.61 Å². The van der Waals surface area contributed by atoms with Crippen LogP contribution in [0.25, 0.3) is 0 Å². The Balaban J connectivity index is 2.70. The van der Waals surface area contributed by atoms with Gasteiger partial charge in [0.25, 0.3) is 0 Å². The Morgan fingerprint density at radius 3 is 3.08 bits per heavy atom. The predicted octanol–water partition coefficient (Wildman–Crippen LogP) is 1.78. The summed E-state index contributed by atoms with van der Waals surface area (Å²) in [5, 5.41) is 10.3. The lowest BCUT2D eigenvalue weighted by Gasteiger charge is -2.00. The lowest BCUT2D eigenvalue weighted by molar-refractivity contribution is -0.202. The van der Waals surface area contributed by atoms with Crippen LogP contribution < -0.4 is 4.89 Å². The zero-order chi connectivity index (χ0) is 8.97. The van der Waals surface area contributed by atoms with Crippen LogP contribution in [0.5, 0.6) is 5.75 Å². The molecule has 0 bridgehead atoms. The second-order valence-corrected chi connectivity index (χ2v) is 2.83. The number of carboxylic acids is 1. The van der Waals surface area contributed by atoms with Crippen molar-refractivity contribution >= 4 is 17.3 Å². The van der Waals surface area contributed by atoms with Crippen molar-refractivity contribution in [3.8, 4) is 5.75 Å². The van der Waals surface area contributed by atoms with E-state index in [9.17, 15) is 4.79 Å². The Morgan fingerprint density at radius 2 is 2.50 bits per heavy atom. The number of carboxylic acid groups (broad SMARTS) is 1. The first-order valence-corrected chi connectivity index (χ1v) is 4.24. The highest BCUT2D eigenvalue weighted by atomic mass is 32.1. The first kappa shape index (κ1) is 9.02. The molecule has 0 saturated heterocycles. The summed E-state index contributed by atoms with van der Waals surface area (Å²) in [5.74, 6) is -0.742. The normalized spacial score (nSPS) is 9.75. The third kappa shape index (κ3) is 1.96. The molecule has 0 spiro atoms. The second-order valence-electron chi connectivity index (χ2n) is 1.91. The molecule has 0 aromatic carbocycles. The first-order chi connectivity index (χ1) is 5.75. The summed E-state index contributed by atoms with van der Waals surface area (Å²) >= 11 is 1.10. The van der Waals surface area contributed by atoms with Crippen molar-refractivity contribution in [2.24, 2.45) is 0 Å². The number of hydrogen-bond acceptors (Lipinski definition) is 4. The van der Waals surface area contributed by atoms with Crippen molar-refractivity contribution in [1.29, 1.82) is 0 Å². The van der Waals surface area contributed by atoms with E-state index in [2.05, 4.69) is 4.89 Å². The fourth-order valence-electron chi connectivity index (χ4n) is 0.641. The lowest BCUT2D eigenvalue weighted by Crippen LogP contribution is -2.00. The summed E-state index contributed by atoms with van der Waals surface area (Å²) in [6, 6.07) is 1.56. The van der Waals surface area contributed by atoms with E-state index >= 15 is 0 Å². The highest BCUT2D eigenvalue weighted by molar-refractivity contribution is 7.12. The van der Waals surface area contributed by atoms with Crippen LogP contribution in [0, 0.1) is 0 Å². The molecule has 4 nitrogen and oxygen atoms in total. The third-order valence-corrected chi connectivity index (χ3v) is 1.97. The third-order valence-electron chi connectivity index (χ3n) is 1.09. The van der Waals surface area contributed by atoms with Gasteiger partial charge in [-0.1, -0.05) is 0 Å². The van der Waals surface area contributed by atoms with Crippen LogP contribution in [0.2, 0.25) is 0 Å². The molecule has 0 aliphatic rings. The number of carbonyl (C=O) groups is 1. The van der Waals surface area contributed by atoms with Gasteiger partial charge < -0.3 is 9.99 Å². The van der Waals surface area contributed by atoms with Crippen LogP contribution in [0.4, 0.5) is 0 Å². The second kappa shape index (κ2) is 4.08. The molecule has 1 heterocycles. The van der Waals surface area contributed by atoms with E-state index < -0.39 is 5.97 Å². The molecule has 12 heavy (non-hydrogen) atoms. The maximum Gasteiger partial charge on any atom is 0.349 e. The zero-order valence-electron chi connectivity index (χ0n) is 6.44. The van der Waals surface area contributed by atoms with Crippen LogP contribution in [-0.4, -0.2) is 17.7 Å². The Morgan fingerprint density at radius 1 is 1.75 bits per heavy atom. The van der Waals surface area contributed by atoms with Crippen molar-refractivity contribution in [1.82, 2.24) is 0 Å². The molecule has 0 fully saturated rings. The lowest BCUT2D eigenvalue weighted by atomic mass is 10.4. The van der Waals surface area contributed by atoms with E-state index in [1.165, 1.54) is 0 Å². The first-order valence-electron chi connectivity index (χ1n) is 3.36. The average molecular weight is 188 g/mol. The van der Waals surface area contributed by atoms with Crippen molar-refractivity contribution < 1.29 is 19.7 Å². The number of thiophene rings is 1. The van der Waals surface area contributed by atoms with E-state index in [4.69, 9.17) is 9.99 Å². The van der Waals surface area contributed by atoms with Crippen LogP contribution in [0.3, 0.4) is 0 Å². The highest BCUT2D eigenvalue weighted by Gasteiger charge is 2.13. The van der Waals surface area contributed by atoms with Gasteiger partial charge in [0, 0.05) is 0 Å². The summed E-state index contributed by atoms with van der Waals surface area (Å²) in [7, 11) is 0. The SMILES string of the molecule is CCOOc1ccsc1C(=O)O. The summed E-state index contributed by atoms with van der Waals surface area (Å²) in [6.07, 6.45) is 0. The van der Waals surface area contributed by atoms with Gasteiger partial charge in [-0.15, -0.1) is 11.3 Å². The van der Waals surface area contributed by atoms with Gasteiger partial charge in [0.15, 0.2) is 10.6 Å². The standard InChI is InChI=1S/C7H8O4S/c1-2-10-11-5-3-4-12-6(5)7(8)9/h3-4H,2H2,1H3,(H,8,9). The van der Waals surface area contributed by atoms with Gasteiger partial charge >= 0.3 is 5.97 Å². The largest absolute Gasteiger partial charge is 0.477 e. The van der Waals surface area contributed by atoms with Crippen LogP contribution in [0.1, 0.15) is 16.6 Å². The fourth-order valence-corrected chi connectivity index (χ4v) is 1.29. The number of aromatic carboxylic acids is 1. The maximum absolute atomic E-state index is 10.5. The van der Waals surface area contributed by atoms with Gasteiger partial charge in [0.2, 0.25) is 0 Å². The van der Waals surface area contributed by atoms with Crippen LogP contribution in [0.15, 0.2) is 11.4 Å². The number of hydrogen-bond donors (Lipinski definition) is 1. The van der Waals surface area contributed by atoms with Gasteiger partial charge in [0.1, 0.15) is 0 Å². The molecule has 0 saturated carbocycles. The molecule has 0 aliphatic carbocycles. The van der Waals surface area contributed by atoms with E-state index in [1.54, 1.807) is 18.4 Å². The Hall–Kier alpha value is -1.07. The Bertz CT molecular complexity index is 268. The molecule has 0 atom stereocenters. The molecule has 0 aliphatic heterocycles. The van der Waals surface area contributed by atoms with Crippen LogP contribution >= 0.6 is 11.3 Å². The minimum Gasteiger partial charge on any atom is -0.477 e. The van der Waals surface area contributed by atoms with Crippen molar-refractivity contribution in [2.75, 3.05) is 6.61 Å². The Labute approximate surface area is 73.3 Å². The quantitative estimate of drug-likeness (QED) is 0.578. The molecule has 1 aromatic heterocycles. The van der Waals surface area contributed by atoms with Gasteiger partial charge in [-0.05, 0) is 18.4 Å². The van der Waals surface area contributed by atoms with Gasteiger partial charge in [-0.3, -0.25) is 0 Å². The van der Waals surface area contributed by atoms with Gasteiger partial charge in [-0.25, -0.2) is 4.79 Å². The summed E-state index contributed by atoms with van der Waals surface area (Å²) in [4.78, 5) is 20.0. The fraction of sp³-hybridized carbons (Fsp3) is 0.286. The topological polar surface area (TPSA) is 55.8 Å². The van der Waals surface area contributed by atoms with E-state index in [-0.39, 0.29) is 10.6 Å². The predicted molar refractivity (Wildman–Crippen MR) is 43.5 cm³/mol. The Kier molecular flexibility index (Phi) is 3.07. The zero-order valence-corrected chi connectivity index (χ0v) is 7.26. The monoisotopic (exact) mass is 188 g/mol. The van der Waals surface area contributed by atoms with Crippen molar-refractivity contribution in [2.45, 2.75) is 6.92 Å². The smallest absolute Gasteiger partial charge is 0.349 e. The molecule has 0 radical (unpaired) electrons. The van der Waals surface area contributed by atoms with E-state index in [0.717, 1.165) is 11.3 Å². The summed E-state index contributed by atoms with van der Waals surface area (Å²) < 4.78 is 0. The molecule has 1 N–H and O–H groups in total. The van der Waals surface area contributed by atoms with Gasteiger partial charge in [0.05, 0.1) is 6.61 Å². The molecule has 5 heteroatoms. The minimum atomic E-state index is -1.00. The molecule has 1 aromatic rings. The van der Waals surface area contributed by atoms with Crippen molar-refractivity contribution in [3.63, 3.8) is 0 Å². The molecular weight excluding hydrogens is 180 g/mol. The molecule has 66 valence electrons. The molecular formula is C7H8O4S. The maximum atomic E-state index is 10.5. The average Bonchev–Trinajstić information content (AvgIpc) is 2.48. The number of rotatable bonds is 4. The van der Waals surface area contributed by atoms with E-state index in [1.807, 2.05) is 0 Å². The molecule has 1 rings (SSSR count). The highest BCUT2D eigenvalue weighted by Crippen LogP contribution is 2.24. The molecule has 0 unspecified atom stereocenters. The van der Waals surface area contributed by atoms with Crippen LogP contribution in [-0.2, 0) is 4.89 Å². The molecule has 0 amide bonds.